The molecule has 0 radical (unpaired) electrons. The van der Waals surface area contributed by atoms with Gasteiger partial charge in [0.2, 0.25) is 0 Å². The molecule has 0 saturated heterocycles. The number of hydrogen-bond donors (Lipinski definition) is 2. The smallest absolute Gasteiger partial charge is 0.152 e. The number of rotatable bonds is 3. The second kappa shape index (κ2) is 4.49. The summed E-state index contributed by atoms with van der Waals surface area (Å²) < 4.78 is 26.7. The minimum atomic E-state index is -0.915. The molecule has 0 aliphatic rings. The highest BCUT2D eigenvalue weighted by Crippen LogP contribution is 2.25. The van der Waals surface area contributed by atoms with Crippen LogP contribution in [0.4, 0.5) is 14.5 Å². The first-order chi connectivity index (χ1) is 8.37. The van der Waals surface area contributed by atoms with Crippen LogP contribution in [0.5, 0.6) is 0 Å². The molecule has 0 aliphatic heterocycles. The van der Waals surface area contributed by atoms with Gasteiger partial charge >= 0.3 is 0 Å². The Balaban J connectivity index is 2.45. The third-order valence-electron chi connectivity index (χ3n) is 2.47. The van der Waals surface area contributed by atoms with E-state index in [9.17, 15) is 13.9 Å². The predicted molar refractivity (Wildman–Crippen MR) is 66.4 cm³/mol. The van der Waals surface area contributed by atoms with Crippen molar-refractivity contribution in [1.29, 1.82) is 0 Å². The van der Waals surface area contributed by atoms with Gasteiger partial charge in [0.25, 0.3) is 0 Å². The maximum absolute atomic E-state index is 13.5. The zero-order valence-electron chi connectivity index (χ0n) is 10.2. The maximum atomic E-state index is 13.5. The maximum Gasteiger partial charge on any atom is 0.152 e. The van der Waals surface area contributed by atoms with Gasteiger partial charge in [-0.15, -0.1) is 0 Å². The first-order valence-electron chi connectivity index (χ1n) is 5.57. The third-order valence-corrected chi connectivity index (χ3v) is 2.47. The fourth-order valence-corrected chi connectivity index (χ4v) is 1.64. The van der Waals surface area contributed by atoms with Crippen molar-refractivity contribution in [3.05, 3.63) is 36.0 Å². The van der Waals surface area contributed by atoms with Crippen LogP contribution >= 0.6 is 0 Å². The SMILES string of the molecule is CC(C)(O)CNc1ccnc2c(F)cc(F)cc12. The summed E-state index contributed by atoms with van der Waals surface area (Å²) in [6, 6.07) is 3.64. The lowest BCUT2D eigenvalue weighted by Gasteiger charge is -2.19. The second-order valence-corrected chi connectivity index (χ2v) is 4.81. The number of anilines is 1. The lowest BCUT2D eigenvalue weighted by Crippen LogP contribution is -2.29. The summed E-state index contributed by atoms with van der Waals surface area (Å²) in [5.74, 6) is -1.35. The Labute approximate surface area is 103 Å². The van der Waals surface area contributed by atoms with Crippen LogP contribution in [-0.4, -0.2) is 22.2 Å². The molecule has 0 bridgehead atoms. The molecular formula is C13H14F2N2O. The van der Waals surface area contributed by atoms with Gasteiger partial charge in [-0.05, 0) is 26.0 Å². The Morgan fingerprint density at radius 1 is 1.33 bits per heavy atom. The van der Waals surface area contributed by atoms with Crippen molar-refractivity contribution in [2.75, 3.05) is 11.9 Å². The zero-order chi connectivity index (χ0) is 13.3. The van der Waals surface area contributed by atoms with Crippen molar-refractivity contribution >= 4 is 16.6 Å². The Morgan fingerprint density at radius 3 is 2.72 bits per heavy atom. The standard InChI is InChI=1S/C13H14F2N2O/c1-13(2,18)7-17-11-3-4-16-12-9(11)5-8(14)6-10(12)15/h3-6,18H,7H2,1-2H3,(H,16,17). The van der Waals surface area contributed by atoms with E-state index in [-0.39, 0.29) is 12.1 Å². The van der Waals surface area contributed by atoms with Crippen LogP contribution in [0.25, 0.3) is 10.9 Å². The Hall–Kier alpha value is -1.75. The van der Waals surface area contributed by atoms with E-state index in [1.165, 1.54) is 12.3 Å². The summed E-state index contributed by atoms with van der Waals surface area (Å²) >= 11 is 0. The molecule has 1 aromatic carbocycles. The van der Waals surface area contributed by atoms with Crippen LogP contribution in [0, 0.1) is 11.6 Å². The fraction of sp³-hybridized carbons (Fsp3) is 0.308. The lowest BCUT2D eigenvalue weighted by atomic mass is 10.1. The highest BCUT2D eigenvalue weighted by atomic mass is 19.1. The van der Waals surface area contributed by atoms with Crippen molar-refractivity contribution in [2.24, 2.45) is 0 Å². The molecule has 0 spiro atoms. The molecule has 1 aromatic heterocycles. The quantitative estimate of drug-likeness (QED) is 0.882. The van der Waals surface area contributed by atoms with Crippen LogP contribution in [0.2, 0.25) is 0 Å². The van der Waals surface area contributed by atoms with E-state index in [0.717, 1.165) is 6.07 Å². The summed E-state index contributed by atoms with van der Waals surface area (Å²) in [6.45, 7) is 3.55. The average molecular weight is 252 g/mol. The molecule has 5 heteroatoms. The Kier molecular flexibility index (Phi) is 3.17. The topological polar surface area (TPSA) is 45.1 Å². The van der Waals surface area contributed by atoms with Crippen molar-refractivity contribution < 1.29 is 13.9 Å². The van der Waals surface area contributed by atoms with Crippen molar-refractivity contribution in [2.45, 2.75) is 19.4 Å². The van der Waals surface area contributed by atoms with E-state index in [2.05, 4.69) is 10.3 Å². The number of aromatic nitrogens is 1. The van der Waals surface area contributed by atoms with E-state index in [1.54, 1.807) is 19.9 Å². The van der Waals surface area contributed by atoms with Gasteiger partial charge in [-0.1, -0.05) is 0 Å². The van der Waals surface area contributed by atoms with Gasteiger partial charge < -0.3 is 10.4 Å². The Bertz CT molecular complexity index is 579. The van der Waals surface area contributed by atoms with Gasteiger partial charge in [-0.25, -0.2) is 8.78 Å². The largest absolute Gasteiger partial charge is 0.389 e. The minimum absolute atomic E-state index is 0.108. The summed E-state index contributed by atoms with van der Waals surface area (Å²) in [5.41, 5.74) is -0.265. The van der Waals surface area contributed by atoms with E-state index in [1.807, 2.05) is 0 Å². The van der Waals surface area contributed by atoms with Gasteiger partial charge in [0.15, 0.2) is 5.82 Å². The number of hydrogen-bond acceptors (Lipinski definition) is 3. The van der Waals surface area contributed by atoms with Crippen LogP contribution in [-0.2, 0) is 0 Å². The Morgan fingerprint density at radius 2 is 2.06 bits per heavy atom. The molecule has 2 rings (SSSR count). The molecule has 2 N–H and O–H groups in total. The third kappa shape index (κ3) is 2.73. The number of benzene rings is 1. The van der Waals surface area contributed by atoms with Crippen molar-refractivity contribution in [3.8, 4) is 0 Å². The molecule has 96 valence electrons. The summed E-state index contributed by atoms with van der Waals surface area (Å²) in [5, 5.41) is 13.0. The van der Waals surface area contributed by atoms with Gasteiger partial charge in [0.1, 0.15) is 11.3 Å². The number of halogens is 2. The van der Waals surface area contributed by atoms with E-state index in [4.69, 9.17) is 0 Å². The highest BCUT2D eigenvalue weighted by Gasteiger charge is 2.14. The van der Waals surface area contributed by atoms with E-state index >= 15 is 0 Å². The fourth-order valence-electron chi connectivity index (χ4n) is 1.64. The molecule has 0 unspecified atom stereocenters. The minimum Gasteiger partial charge on any atom is -0.389 e. The number of nitrogens with one attached hydrogen (secondary N) is 1. The number of pyridine rings is 1. The summed E-state index contributed by atoms with van der Waals surface area (Å²) in [4.78, 5) is 3.88. The molecule has 3 nitrogen and oxygen atoms in total. The van der Waals surface area contributed by atoms with Gasteiger partial charge in [-0.3, -0.25) is 4.98 Å². The molecule has 1 heterocycles. The molecule has 18 heavy (non-hydrogen) atoms. The van der Waals surface area contributed by atoms with E-state index in [0.29, 0.717) is 11.1 Å². The molecule has 0 saturated carbocycles. The average Bonchev–Trinajstić information content (AvgIpc) is 2.25. The lowest BCUT2D eigenvalue weighted by molar-refractivity contribution is 0.0945. The van der Waals surface area contributed by atoms with Gasteiger partial charge in [0, 0.05) is 29.9 Å². The second-order valence-electron chi connectivity index (χ2n) is 4.81. The number of nitrogens with zero attached hydrogens (tertiary/aromatic N) is 1. The molecule has 0 amide bonds. The number of fused-ring (bicyclic) bond motifs is 1. The highest BCUT2D eigenvalue weighted by molar-refractivity contribution is 5.91. The summed E-state index contributed by atoms with van der Waals surface area (Å²) in [7, 11) is 0. The first-order valence-corrected chi connectivity index (χ1v) is 5.57. The molecule has 0 fully saturated rings. The summed E-state index contributed by atoms with van der Waals surface area (Å²) in [6.07, 6.45) is 1.44. The van der Waals surface area contributed by atoms with Crippen molar-refractivity contribution in [1.82, 2.24) is 4.98 Å². The normalized spacial score (nSPS) is 11.8. The first kappa shape index (κ1) is 12.7. The van der Waals surface area contributed by atoms with Crippen LogP contribution in [0.15, 0.2) is 24.4 Å². The van der Waals surface area contributed by atoms with Gasteiger partial charge in [0.05, 0.1) is 5.60 Å². The van der Waals surface area contributed by atoms with Crippen LogP contribution in [0.1, 0.15) is 13.8 Å². The van der Waals surface area contributed by atoms with Crippen LogP contribution < -0.4 is 5.32 Å². The predicted octanol–water partition coefficient (Wildman–Crippen LogP) is 2.70. The zero-order valence-corrected chi connectivity index (χ0v) is 10.2. The molecule has 0 atom stereocenters. The number of aliphatic hydroxyl groups is 1. The monoisotopic (exact) mass is 252 g/mol. The molecule has 0 aliphatic carbocycles. The molecule has 2 aromatic rings. The van der Waals surface area contributed by atoms with E-state index < -0.39 is 17.2 Å². The van der Waals surface area contributed by atoms with Gasteiger partial charge in [-0.2, -0.15) is 0 Å². The molecular weight excluding hydrogens is 238 g/mol. The van der Waals surface area contributed by atoms with Crippen LogP contribution in [0.3, 0.4) is 0 Å². The van der Waals surface area contributed by atoms with Crippen molar-refractivity contribution in [3.63, 3.8) is 0 Å².